The molecule has 1 saturated heterocycles. The maximum Gasteiger partial charge on any atom is 0.246 e. The molecule has 1 aromatic carbocycles. The zero-order valence-corrected chi connectivity index (χ0v) is 15.1. The van der Waals surface area contributed by atoms with Gasteiger partial charge in [0.1, 0.15) is 0 Å². The number of hydrogen-bond acceptors (Lipinski definition) is 4. The third-order valence-corrected chi connectivity index (χ3v) is 6.22. The Morgan fingerprint density at radius 1 is 1.32 bits per heavy atom. The molecule has 5 nitrogen and oxygen atoms in total. The lowest BCUT2D eigenvalue weighted by Crippen LogP contribution is -2.40. The second-order valence-electron chi connectivity index (χ2n) is 6.34. The van der Waals surface area contributed by atoms with Gasteiger partial charge in [0.15, 0.2) is 9.84 Å². The van der Waals surface area contributed by atoms with E-state index in [1.165, 1.54) is 6.08 Å². The molecule has 0 saturated carbocycles. The van der Waals surface area contributed by atoms with Crippen LogP contribution in [0.2, 0.25) is 0 Å². The normalized spacial score (nSPS) is 19.5. The number of carbonyl (C=O) groups is 1. The lowest BCUT2D eigenvalue weighted by Gasteiger charge is -2.26. The SMILES string of the molecule is CCCN(C(=O)/C=C/c1cccc2cccnc12)[C@H]1CCS(=O)(=O)C1. The number of nitrogens with zero attached hydrogens (tertiary/aromatic N) is 2. The Labute approximate surface area is 148 Å². The topological polar surface area (TPSA) is 67.3 Å². The highest BCUT2D eigenvalue weighted by molar-refractivity contribution is 7.91. The Balaban J connectivity index is 1.82. The van der Waals surface area contributed by atoms with E-state index in [0.29, 0.717) is 13.0 Å². The minimum atomic E-state index is -3.02. The predicted molar refractivity (Wildman–Crippen MR) is 99.8 cm³/mol. The summed E-state index contributed by atoms with van der Waals surface area (Å²) in [6, 6.07) is 9.48. The molecule has 1 atom stereocenters. The summed E-state index contributed by atoms with van der Waals surface area (Å²) >= 11 is 0. The number of sulfone groups is 1. The minimum Gasteiger partial charge on any atom is -0.335 e. The molecular formula is C19H22N2O3S. The van der Waals surface area contributed by atoms with Gasteiger partial charge in [0.25, 0.3) is 0 Å². The Hall–Kier alpha value is -2.21. The fraction of sp³-hybridized carbons (Fsp3) is 0.368. The molecule has 1 amide bonds. The number of carbonyl (C=O) groups excluding carboxylic acids is 1. The molecule has 0 spiro atoms. The van der Waals surface area contributed by atoms with Crippen LogP contribution >= 0.6 is 0 Å². The van der Waals surface area contributed by atoms with E-state index in [1.807, 2.05) is 37.3 Å². The van der Waals surface area contributed by atoms with Gasteiger partial charge in [-0.1, -0.05) is 31.2 Å². The average molecular weight is 358 g/mol. The molecule has 0 aliphatic carbocycles. The van der Waals surface area contributed by atoms with Gasteiger partial charge >= 0.3 is 0 Å². The summed E-state index contributed by atoms with van der Waals surface area (Å²) in [5, 5.41) is 1.02. The van der Waals surface area contributed by atoms with Crippen LogP contribution in [0.4, 0.5) is 0 Å². The van der Waals surface area contributed by atoms with E-state index in [9.17, 15) is 13.2 Å². The van der Waals surface area contributed by atoms with Crippen LogP contribution in [0.5, 0.6) is 0 Å². The number of aromatic nitrogens is 1. The number of rotatable bonds is 5. The van der Waals surface area contributed by atoms with Crippen LogP contribution in [0.1, 0.15) is 25.3 Å². The first kappa shape index (κ1) is 17.6. The van der Waals surface area contributed by atoms with Crippen molar-refractivity contribution in [1.82, 2.24) is 9.88 Å². The van der Waals surface area contributed by atoms with Crippen molar-refractivity contribution < 1.29 is 13.2 Å². The zero-order chi connectivity index (χ0) is 17.9. The summed E-state index contributed by atoms with van der Waals surface area (Å²) in [4.78, 5) is 18.7. The second kappa shape index (κ2) is 7.35. The van der Waals surface area contributed by atoms with Crippen LogP contribution in [0.15, 0.2) is 42.6 Å². The number of amides is 1. The van der Waals surface area contributed by atoms with Crippen molar-refractivity contribution in [3.63, 3.8) is 0 Å². The van der Waals surface area contributed by atoms with E-state index in [4.69, 9.17) is 0 Å². The molecule has 0 bridgehead atoms. The molecular weight excluding hydrogens is 336 g/mol. The van der Waals surface area contributed by atoms with Gasteiger partial charge in [0, 0.05) is 35.8 Å². The summed E-state index contributed by atoms with van der Waals surface area (Å²) in [7, 11) is -3.02. The predicted octanol–water partition coefficient (Wildman–Crippen LogP) is 2.67. The van der Waals surface area contributed by atoms with E-state index in [-0.39, 0.29) is 23.5 Å². The monoisotopic (exact) mass is 358 g/mol. The first-order valence-corrected chi connectivity index (χ1v) is 10.3. The Bertz CT molecular complexity index is 901. The highest BCUT2D eigenvalue weighted by Crippen LogP contribution is 2.20. The van der Waals surface area contributed by atoms with Gasteiger partial charge in [-0.05, 0) is 25.0 Å². The molecule has 132 valence electrons. The maximum absolute atomic E-state index is 12.7. The van der Waals surface area contributed by atoms with Gasteiger partial charge in [-0.15, -0.1) is 0 Å². The van der Waals surface area contributed by atoms with E-state index >= 15 is 0 Å². The average Bonchev–Trinajstić information content (AvgIpc) is 2.97. The molecule has 0 radical (unpaired) electrons. The van der Waals surface area contributed by atoms with Gasteiger partial charge in [-0.3, -0.25) is 9.78 Å². The third kappa shape index (κ3) is 4.07. The first-order chi connectivity index (χ1) is 12.0. The zero-order valence-electron chi connectivity index (χ0n) is 14.3. The highest BCUT2D eigenvalue weighted by Gasteiger charge is 2.33. The quantitative estimate of drug-likeness (QED) is 0.771. The van der Waals surface area contributed by atoms with Crippen molar-refractivity contribution in [3.05, 3.63) is 48.2 Å². The fourth-order valence-electron chi connectivity index (χ4n) is 3.25. The van der Waals surface area contributed by atoms with Crippen LogP contribution < -0.4 is 0 Å². The van der Waals surface area contributed by atoms with Gasteiger partial charge in [-0.2, -0.15) is 0 Å². The van der Waals surface area contributed by atoms with Gasteiger partial charge in [-0.25, -0.2) is 8.42 Å². The molecule has 0 unspecified atom stereocenters. The Morgan fingerprint density at radius 2 is 2.12 bits per heavy atom. The summed E-state index contributed by atoms with van der Waals surface area (Å²) < 4.78 is 23.5. The number of para-hydroxylation sites is 1. The van der Waals surface area contributed by atoms with E-state index < -0.39 is 9.84 Å². The molecule has 2 heterocycles. The van der Waals surface area contributed by atoms with Crippen molar-refractivity contribution in [2.45, 2.75) is 25.8 Å². The summed E-state index contributed by atoms with van der Waals surface area (Å²) in [5.41, 5.74) is 1.72. The number of pyridine rings is 1. The van der Waals surface area contributed by atoms with Gasteiger partial charge in [0.05, 0.1) is 17.0 Å². The molecule has 6 heteroatoms. The molecule has 0 N–H and O–H groups in total. The summed E-state index contributed by atoms with van der Waals surface area (Å²) in [5.74, 6) is 0.0988. The smallest absolute Gasteiger partial charge is 0.246 e. The fourth-order valence-corrected chi connectivity index (χ4v) is 4.98. The van der Waals surface area contributed by atoms with Crippen molar-refractivity contribution in [3.8, 4) is 0 Å². The third-order valence-electron chi connectivity index (χ3n) is 4.47. The summed E-state index contributed by atoms with van der Waals surface area (Å²) in [6.45, 7) is 2.55. The molecule has 25 heavy (non-hydrogen) atoms. The Kier molecular flexibility index (Phi) is 5.18. The lowest BCUT2D eigenvalue weighted by molar-refractivity contribution is -0.127. The molecule has 1 aliphatic rings. The van der Waals surface area contributed by atoms with Crippen LogP contribution in [-0.4, -0.2) is 48.3 Å². The van der Waals surface area contributed by atoms with Gasteiger partial charge < -0.3 is 4.90 Å². The molecule has 3 rings (SSSR count). The van der Waals surface area contributed by atoms with Crippen LogP contribution in [0, 0.1) is 0 Å². The molecule has 2 aromatic rings. The number of fused-ring (bicyclic) bond motifs is 1. The van der Waals surface area contributed by atoms with E-state index in [2.05, 4.69) is 4.98 Å². The second-order valence-corrected chi connectivity index (χ2v) is 8.57. The van der Waals surface area contributed by atoms with Crippen molar-refractivity contribution in [2.75, 3.05) is 18.1 Å². The van der Waals surface area contributed by atoms with Crippen LogP contribution in [0.3, 0.4) is 0 Å². The van der Waals surface area contributed by atoms with Crippen molar-refractivity contribution >= 4 is 32.7 Å². The largest absolute Gasteiger partial charge is 0.335 e. The standard InChI is InChI=1S/C19H22N2O3S/c1-2-12-21(17-10-13-25(23,24)14-17)18(22)9-8-16-6-3-5-15-7-4-11-20-19(15)16/h3-9,11,17H,2,10,12-14H2,1H3/b9-8+/t17-/m0/s1. The highest BCUT2D eigenvalue weighted by atomic mass is 32.2. The molecule has 1 aromatic heterocycles. The number of benzene rings is 1. The van der Waals surface area contributed by atoms with Crippen molar-refractivity contribution in [1.29, 1.82) is 0 Å². The van der Waals surface area contributed by atoms with Crippen LogP contribution in [0.25, 0.3) is 17.0 Å². The van der Waals surface area contributed by atoms with E-state index in [0.717, 1.165) is 22.9 Å². The van der Waals surface area contributed by atoms with Gasteiger partial charge in [0.2, 0.25) is 5.91 Å². The Morgan fingerprint density at radius 3 is 2.84 bits per heavy atom. The first-order valence-electron chi connectivity index (χ1n) is 8.53. The maximum atomic E-state index is 12.7. The van der Waals surface area contributed by atoms with Crippen molar-refractivity contribution in [2.24, 2.45) is 0 Å². The lowest BCUT2D eigenvalue weighted by atomic mass is 10.1. The molecule has 1 aliphatic heterocycles. The minimum absolute atomic E-state index is 0.0718. The summed E-state index contributed by atoms with van der Waals surface area (Å²) in [6.07, 6.45) is 6.35. The van der Waals surface area contributed by atoms with E-state index in [1.54, 1.807) is 17.2 Å². The molecule has 1 fully saturated rings. The van der Waals surface area contributed by atoms with Crippen LogP contribution in [-0.2, 0) is 14.6 Å². The number of hydrogen-bond donors (Lipinski definition) is 0.